The van der Waals surface area contributed by atoms with Crippen molar-refractivity contribution in [2.45, 2.75) is 0 Å². The summed E-state index contributed by atoms with van der Waals surface area (Å²) in [7, 11) is 0. The number of fused-ring (bicyclic) bond motifs is 9. The van der Waals surface area contributed by atoms with Gasteiger partial charge in [-0.25, -0.2) is 9.97 Å². The molecule has 8 aromatic carbocycles. The molecule has 0 spiro atoms. The van der Waals surface area contributed by atoms with Gasteiger partial charge in [-0.1, -0.05) is 115 Å². The third kappa shape index (κ3) is 3.43. The van der Waals surface area contributed by atoms with E-state index in [1.807, 2.05) is 11.3 Å². The maximum absolute atomic E-state index is 5.48. The molecule has 0 aliphatic heterocycles. The molecule has 0 atom stereocenters. The van der Waals surface area contributed by atoms with Gasteiger partial charge in [0, 0.05) is 41.9 Å². The van der Waals surface area contributed by atoms with Gasteiger partial charge in [0.05, 0.1) is 22.2 Å². The maximum atomic E-state index is 5.48. The van der Waals surface area contributed by atoms with Gasteiger partial charge in [-0.3, -0.25) is 4.57 Å². The molecule has 0 N–H and O–H groups in total. The van der Waals surface area contributed by atoms with Crippen LogP contribution in [0.4, 0.5) is 0 Å². The summed E-state index contributed by atoms with van der Waals surface area (Å²) in [5.41, 5.74) is 10.3. The number of thiophene rings is 1. The normalized spacial score (nSPS) is 12.4. The largest absolute Gasteiger partial charge is 0.278 e. The summed E-state index contributed by atoms with van der Waals surface area (Å²) in [5, 5.41) is 11.1. The number of hydrogen-bond acceptors (Lipinski definition) is 3. The molecule has 0 amide bonds. The molecule has 0 unspecified atom stereocenters. The highest BCUT2D eigenvalue weighted by molar-refractivity contribution is 7.25. The Morgan fingerprint density at radius 3 is 2.06 bits per heavy atom. The summed E-state index contributed by atoms with van der Waals surface area (Å²) in [6.45, 7) is 0. The van der Waals surface area contributed by atoms with Crippen molar-refractivity contribution in [3.63, 3.8) is 0 Å². The highest BCUT2D eigenvalue weighted by Crippen LogP contribution is 2.51. The van der Waals surface area contributed by atoms with Gasteiger partial charge >= 0.3 is 0 Å². The molecule has 3 nitrogen and oxygen atoms in total. The van der Waals surface area contributed by atoms with Gasteiger partial charge in [0.25, 0.3) is 0 Å². The lowest BCUT2D eigenvalue weighted by atomic mass is 9.92. The minimum atomic E-state index is 0.681. The van der Waals surface area contributed by atoms with Gasteiger partial charge in [-0.05, 0) is 80.2 Å². The predicted octanol–water partition coefficient (Wildman–Crippen LogP) is 12.7. The monoisotopic (exact) mass is 651 g/mol. The second-order valence-corrected chi connectivity index (χ2v) is 14.4. The fourth-order valence-electron chi connectivity index (χ4n) is 8.60. The zero-order valence-corrected chi connectivity index (χ0v) is 27.5. The van der Waals surface area contributed by atoms with E-state index in [2.05, 4.69) is 156 Å². The topological polar surface area (TPSA) is 30.7 Å². The van der Waals surface area contributed by atoms with Crippen molar-refractivity contribution in [1.29, 1.82) is 0 Å². The first kappa shape index (κ1) is 26.6. The van der Waals surface area contributed by atoms with Crippen LogP contribution in [0.5, 0.6) is 0 Å². The van der Waals surface area contributed by atoms with Crippen molar-refractivity contribution < 1.29 is 0 Å². The van der Waals surface area contributed by atoms with Crippen molar-refractivity contribution in [3.8, 4) is 39.5 Å². The highest BCUT2D eigenvalue weighted by Gasteiger charge is 2.27. The van der Waals surface area contributed by atoms with Crippen LogP contribution in [0.2, 0.25) is 0 Å². The summed E-state index contributed by atoms with van der Waals surface area (Å²) in [4.78, 5) is 10.8. The lowest BCUT2D eigenvalue weighted by molar-refractivity contribution is 1.01. The Kier molecular flexibility index (Phi) is 5.12. The van der Waals surface area contributed by atoms with E-state index >= 15 is 0 Å². The molecule has 0 saturated heterocycles. The second kappa shape index (κ2) is 9.63. The first-order chi connectivity index (χ1) is 24.8. The van der Waals surface area contributed by atoms with Gasteiger partial charge < -0.3 is 0 Å². The van der Waals surface area contributed by atoms with Crippen molar-refractivity contribution in [2.24, 2.45) is 0 Å². The number of aromatic nitrogens is 3. The lowest BCUT2D eigenvalue weighted by Gasteiger charge is -2.15. The number of hydrogen-bond donors (Lipinski definition) is 0. The van der Waals surface area contributed by atoms with Crippen molar-refractivity contribution >= 4 is 85.8 Å². The summed E-state index contributed by atoms with van der Waals surface area (Å²) >= 11 is 1.88. The molecule has 230 valence electrons. The third-order valence-corrected chi connectivity index (χ3v) is 11.9. The van der Waals surface area contributed by atoms with Crippen LogP contribution in [0.3, 0.4) is 0 Å². The molecule has 11 aromatic rings. The van der Waals surface area contributed by atoms with Gasteiger partial charge in [0.15, 0.2) is 0 Å². The molecular formula is C46H25N3S. The first-order valence-electron chi connectivity index (χ1n) is 17.0. The Hall–Kier alpha value is -6.36. The fourth-order valence-corrected chi connectivity index (χ4v) is 9.73. The van der Waals surface area contributed by atoms with Crippen LogP contribution in [-0.2, 0) is 0 Å². The van der Waals surface area contributed by atoms with E-state index in [1.54, 1.807) is 0 Å². The van der Waals surface area contributed by atoms with E-state index in [1.165, 1.54) is 69.4 Å². The van der Waals surface area contributed by atoms with Crippen molar-refractivity contribution in [3.05, 3.63) is 152 Å². The van der Waals surface area contributed by atoms with Gasteiger partial charge in [0.2, 0.25) is 5.95 Å². The second-order valence-electron chi connectivity index (χ2n) is 13.3. The van der Waals surface area contributed by atoms with Crippen LogP contribution >= 0.6 is 11.3 Å². The average molecular weight is 652 g/mol. The van der Waals surface area contributed by atoms with Crippen LogP contribution in [0.15, 0.2) is 152 Å². The fraction of sp³-hybridized carbons (Fsp3) is 0. The van der Waals surface area contributed by atoms with Crippen LogP contribution in [0, 0.1) is 0 Å². The zero-order valence-electron chi connectivity index (χ0n) is 26.7. The maximum Gasteiger partial charge on any atom is 0.235 e. The smallest absolute Gasteiger partial charge is 0.235 e. The molecule has 50 heavy (non-hydrogen) atoms. The van der Waals surface area contributed by atoms with E-state index in [4.69, 9.17) is 9.97 Å². The van der Waals surface area contributed by atoms with E-state index in [-0.39, 0.29) is 0 Å². The molecule has 0 radical (unpaired) electrons. The van der Waals surface area contributed by atoms with E-state index < -0.39 is 0 Å². The summed E-state index contributed by atoms with van der Waals surface area (Å²) < 4.78 is 4.95. The van der Waals surface area contributed by atoms with Crippen LogP contribution in [0.25, 0.3) is 114 Å². The number of benzene rings is 8. The molecule has 1 aliphatic rings. The van der Waals surface area contributed by atoms with E-state index in [9.17, 15) is 0 Å². The number of nitrogens with zero attached hydrogens (tertiary/aromatic N) is 3. The predicted molar refractivity (Wildman–Crippen MR) is 212 cm³/mol. The molecular weight excluding hydrogens is 627 g/mol. The minimum absolute atomic E-state index is 0.681. The Labute approximate surface area is 290 Å². The van der Waals surface area contributed by atoms with Gasteiger partial charge in [-0.15, -0.1) is 11.3 Å². The van der Waals surface area contributed by atoms with Crippen LogP contribution in [-0.4, -0.2) is 14.5 Å². The van der Waals surface area contributed by atoms with Gasteiger partial charge in [-0.2, -0.15) is 0 Å². The Morgan fingerprint density at radius 1 is 0.420 bits per heavy atom. The van der Waals surface area contributed by atoms with Gasteiger partial charge in [0.1, 0.15) is 0 Å². The third-order valence-electron chi connectivity index (χ3n) is 10.7. The molecule has 1 aliphatic carbocycles. The molecule has 12 rings (SSSR count). The first-order valence-corrected chi connectivity index (χ1v) is 17.8. The summed E-state index contributed by atoms with van der Waals surface area (Å²) in [5.74, 6) is 0.681. The average Bonchev–Trinajstić information content (AvgIpc) is 3.68. The Balaban J connectivity index is 1.25. The summed E-state index contributed by atoms with van der Waals surface area (Å²) in [6.07, 6.45) is 0. The van der Waals surface area contributed by atoms with Crippen LogP contribution < -0.4 is 0 Å². The van der Waals surface area contributed by atoms with Crippen molar-refractivity contribution in [1.82, 2.24) is 14.5 Å². The van der Waals surface area contributed by atoms with Crippen LogP contribution in [0.1, 0.15) is 0 Å². The molecule has 0 bridgehead atoms. The Bertz CT molecular complexity index is 3260. The quantitative estimate of drug-likeness (QED) is 0.174. The molecule has 3 aromatic heterocycles. The Morgan fingerprint density at radius 2 is 1.14 bits per heavy atom. The zero-order chi connectivity index (χ0) is 32.5. The SMILES string of the molecule is c1ccc(-c2nc(-n3c4cccc5c4c4c6c(cccc6ccc43)-c3cc4sc6ccccc6c4cc3-5)nc3ccc4ccccc4c23)cc1. The molecule has 0 fully saturated rings. The van der Waals surface area contributed by atoms with E-state index in [0.717, 1.165) is 38.6 Å². The summed E-state index contributed by atoms with van der Waals surface area (Å²) in [6, 6.07) is 55.1. The number of rotatable bonds is 2. The van der Waals surface area contributed by atoms with E-state index in [0.29, 0.717) is 5.95 Å². The minimum Gasteiger partial charge on any atom is -0.278 e. The lowest BCUT2D eigenvalue weighted by Crippen LogP contribution is -2.04. The highest BCUT2D eigenvalue weighted by atomic mass is 32.1. The molecule has 0 saturated carbocycles. The molecule has 4 heteroatoms. The van der Waals surface area contributed by atoms with Crippen molar-refractivity contribution in [2.75, 3.05) is 0 Å². The standard InChI is InChI=1S/C46H25N3S/c1-2-11-28(12-3-1)45-42-29-14-5-4-10-26(29)20-22-36(42)47-46(48-45)49-37-18-9-17-32-33-24-35-30-15-6-7-19-39(30)50-40(35)25-34(33)31-16-8-13-27-21-23-38(49)44(41(27)31)43(32)37/h1-25H. The molecule has 3 heterocycles.